The van der Waals surface area contributed by atoms with E-state index < -0.39 is 0 Å². The lowest BCUT2D eigenvalue weighted by molar-refractivity contribution is 0.219. The number of hydrogen-bond donors (Lipinski definition) is 0. The van der Waals surface area contributed by atoms with Crippen molar-refractivity contribution in [3.05, 3.63) is 24.8 Å². The van der Waals surface area contributed by atoms with E-state index in [1.165, 1.54) is 31.5 Å². The van der Waals surface area contributed by atoms with Crippen LogP contribution in [0, 0.1) is 5.92 Å². The van der Waals surface area contributed by atoms with Crippen LogP contribution < -0.4 is 0 Å². The van der Waals surface area contributed by atoms with Gasteiger partial charge in [-0.05, 0) is 45.3 Å². The first-order valence-electron chi connectivity index (χ1n) is 4.71. The predicted octanol–water partition coefficient (Wildman–Crippen LogP) is 2.46. The molecule has 0 aromatic rings. The number of nitrogens with zero attached hydrogens (tertiary/aromatic N) is 1. The molecule has 0 bridgehead atoms. The summed E-state index contributed by atoms with van der Waals surface area (Å²) in [5.74, 6) is 0.853. The van der Waals surface area contributed by atoms with Crippen molar-refractivity contribution in [2.24, 2.45) is 5.92 Å². The summed E-state index contributed by atoms with van der Waals surface area (Å²) in [5, 5.41) is 0. The highest BCUT2D eigenvalue weighted by Gasteiger charge is 2.16. The van der Waals surface area contributed by atoms with E-state index in [1.807, 2.05) is 6.08 Å². The van der Waals surface area contributed by atoms with Gasteiger partial charge in [0.05, 0.1) is 0 Å². The zero-order valence-corrected chi connectivity index (χ0v) is 8.05. The van der Waals surface area contributed by atoms with Crippen molar-refractivity contribution >= 4 is 0 Å². The van der Waals surface area contributed by atoms with Crippen molar-refractivity contribution in [1.82, 2.24) is 4.90 Å². The minimum Gasteiger partial charge on any atom is -0.306 e. The van der Waals surface area contributed by atoms with E-state index >= 15 is 0 Å². The molecule has 0 amide bonds. The second kappa shape index (κ2) is 4.46. The van der Waals surface area contributed by atoms with Crippen LogP contribution in [0.25, 0.3) is 0 Å². The summed E-state index contributed by atoms with van der Waals surface area (Å²) in [6.45, 7) is 10.2. The molecule has 0 N–H and O–H groups in total. The summed E-state index contributed by atoms with van der Waals surface area (Å²) in [6.07, 6.45) is 5.68. The summed E-state index contributed by atoms with van der Waals surface area (Å²) < 4.78 is 0. The molecule has 0 unspecified atom stereocenters. The van der Waals surface area contributed by atoms with Gasteiger partial charge in [-0.2, -0.15) is 0 Å². The van der Waals surface area contributed by atoms with Crippen molar-refractivity contribution in [2.75, 3.05) is 20.1 Å². The maximum Gasteiger partial charge on any atom is -0.00190 e. The molecular formula is C11H19N. The van der Waals surface area contributed by atoms with Crippen LogP contribution in [-0.2, 0) is 0 Å². The SMILES string of the molecule is C=CC(=C)CC1CCN(C)CC1. The molecule has 1 saturated heterocycles. The standard InChI is InChI=1S/C11H19N/c1-4-10(2)9-11-5-7-12(3)8-6-11/h4,11H,1-2,5-9H2,3H3. The van der Waals surface area contributed by atoms with Crippen molar-refractivity contribution in [3.63, 3.8) is 0 Å². The van der Waals surface area contributed by atoms with Crippen LogP contribution in [0.2, 0.25) is 0 Å². The Labute approximate surface area is 75.8 Å². The van der Waals surface area contributed by atoms with Gasteiger partial charge in [-0.3, -0.25) is 0 Å². The molecule has 0 radical (unpaired) electrons. The van der Waals surface area contributed by atoms with Gasteiger partial charge in [-0.15, -0.1) is 0 Å². The van der Waals surface area contributed by atoms with Crippen molar-refractivity contribution in [2.45, 2.75) is 19.3 Å². The first kappa shape index (κ1) is 9.53. The molecule has 1 heteroatoms. The zero-order chi connectivity index (χ0) is 8.97. The smallest absolute Gasteiger partial charge is 0.00190 e. The molecule has 0 spiro atoms. The van der Waals surface area contributed by atoms with Crippen LogP contribution >= 0.6 is 0 Å². The van der Waals surface area contributed by atoms with Crippen LogP contribution in [0.5, 0.6) is 0 Å². The van der Waals surface area contributed by atoms with Gasteiger partial charge in [0.25, 0.3) is 0 Å². The summed E-state index contributed by atoms with van der Waals surface area (Å²) >= 11 is 0. The third kappa shape index (κ3) is 2.82. The topological polar surface area (TPSA) is 3.24 Å². The molecule has 1 fully saturated rings. The normalized spacial score (nSPS) is 20.8. The second-order valence-corrected chi connectivity index (χ2v) is 3.81. The minimum atomic E-state index is 0.853. The Balaban J connectivity index is 2.26. The Bertz CT molecular complexity index is 164. The van der Waals surface area contributed by atoms with E-state index in [4.69, 9.17) is 0 Å². The Kier molecular flexibility index (Phi) is 3.54. The second-order valence-electron chi connectivity index (χ2n) is 3.81. The Morgan fingerprint density at radius 3 is 2.58 bits per heavy atom. The number of allylic oxidation sites excluding steroid dienone is 2. The summed E-state index contributed by atoms with van der Waals surface area (Å²) in [5.41, 5.74) is 1.20. The van der Waals surface area contributed by atoms with E-state index in [2.05, 4.69) is 25.1 Å². The predicted molar refractivity (Wildman–Crippen MR) is 54.2 cm³/mol. The highest BCUT2D eigenvalue weighted by atomic mass is 15.1. The molecule has 1 heterocycles. The fourth-order valence-corrected chi connectivity index (χ4v) is 1.72. The van der Waals surface area contributed by atoms with Gasteiger partial charge in [0.15, 0.2) is 0 Å². The van der Waals surface area contributed by atoms with E-state index in [0.29, 0.717) is 0 Å². The third-order valence-electron chi connectivity index (χ3n) is 2.68. The van der Waals surface area contributed by atoms with E-state index in [1.54, 1.807) is 0 Å². The first-order valence-corrected chi connectivity index (χ1v) is 4.71. The molecule has 0 aromatic carbocycles. The zero-order valence-electron chi connectivity index (χ0n) is 8.05. The molecule has 0 atom stereocenters. The van der Waals surface area contributed by atoms with Gasteiger partial charge in [0.1, 0.15) is 0 Å². The van der Waals surface area contributed by atoms with E-state index in [-0.39, 0.29) is 0 Å². The fraction of sp³-hybridized carbons (Fsp3) is 0.636. The Hall–Kier alpha value is -0.560. The highest BCUT2D eigenvalue weighted by Crippen LogP contribution is 2.22. The number of hydrogen-bond acceptors (Lipinski definition) is 1. The largest absolute Gasteiger partial charge is 0.306 e. The lowest BCUT2D eigenvalue weighted by atomic mass is 9.91. The molecule has 1 aliphatic rings. The van der Waals surface area contributed by atoms with Gasteiger partial charge in [0, 0.05) is 0 Å². The molecule has 1 aliphatic heterocycles. The van der Waals surface area contributed by atoms with Crippen LogP contribution in [0.3, 0.4) is 0 Å². The molecule has 68 valence electrons. The molecule has 0 aliphatic carbocycles. The van der Waals surface area contributed by atoms with Crippen LogP contribution in [0.1, 0.15) is 19.3 Å². The van der Waals surface area contributed by atoms with Gasteiger partial charge in [0.2, 0.25) is 0 Å². The molecule has 12 heavy (non-hydrogen) atoms. The van der Waals surface area contributed by atoms with E-state index in [9.17, 15) is 0 Å². The Morgan fingerprint density at radius 1 is 1.50 bits per heavy atom. The van der Waals surface area contributed by atoms with Gasteiger partial charge >= 0.3 is 0 Å². The van der Waals surface area contributed by atoms with Crippen molar-refractivity contribution in [1.29, 1.82) is 0 Å². The monoisotopic (exact) mass is 165 g/mol. The lowest BCUT2D eigenvalue weighted by Gasteiger charge is -2.28. The first-order chi connectivity index (χ1) is 5.72. The molecular weight excluding hydrogens is 146 g/mol. The highest BCUT2D eigenvalue weighted by molar-refractivity contribution is 5.11. The maximum absolute atomic E-state index is 3.95. The van der Waals surface area contributed by atoms with Crippen molar-refractivity contribution in [3.8, 4) is 0 Å². The summed E-state index contributed by atoms with van der Waals surface area (Å²) in [4.78, 5) is 2.40. The lowest BCUT2D eigenvalue weighted by Crippen LogP contribution is -2.30. The van der Waals surface area contributed by atoms with Crippen LogP contribution in [-0.4, -0.2) is 25.0 Å². The average Bonchev–Trinajstić information content (AvgIpc) is 2.09. The number of piperidine rings is 1. The fourth-order valence-electron chi connectivity index (χ4n) is 1.72. The number of likely N-dealkylation sites (tertiary alicyclic amines) is 1. The van der Waals surface area contributed by atoms with Crippen LogP contribution in [0.4, 0.5) is 0 Å². The molecule has 1 nitrogen and oxygen atoms in total. The van der Waals surface area contributed by atoms with Crippen molar-refractivity contribution < 1.29 is 0 Å². The minimum absolute atomic E-state index is 0.853. The van der Waals surface area contributed by atoms with Crippen LogP contribution in [0.15, 0.2) is 24.8 Å². The molecule has 0 aromatic heterocycles. The van der Waals surface area contributed by atoms with E-state index in [0.717, 1.165) is 12.3 Å². The van der Waals surface area contributed by atoms with Gasteiger partial charge in [-0.1, -0.05) is 24.8 Å². The summed E-state index contributed by atoms with van der Waals surface area (Å²) in [7, 11) is 2.19. The molecule has 1 rings (SSSR count). The number of rotatable bonds is 3. The third-order valence-corrected chi connectivity index (χ3v) is 2.68. The molecule has 0 saturated carbocycles. The quantitative estimate of drug-likeness (QED) is 0.581. The maximum atomic E-state index is 3.95. The average molecular weight is 165 g/mol. The van der Waals surface area contributed by atoms with Gasteiger partial charge in [-0.25, -0.2) is 0 Å². The summed E-state index contributed by atoms with van der Waals surface area (Å²) in [6, 6.07) is 0. The van der Waals surface area contributed by atoms with Gasteiger partial charge < -0.3 is 4.90 Å². The Morgan fingerprint density at radius 2 is 2.08 bits per heavy atom.